The van der Waals surface area contributed by atoms with Crippen LogP contribution >= 0.6 is 0 Å². The number of hydrogen-bond donors (Lipinski definition) is 1. The summed E-state index contributed by atoms with van der Waals surface area (Å²) in [5, 5.41) is 7.68. The smallest absolute Gasteiger partial charge is 0.420 e. The van der Waals surface area contributed by atoms with Crippen LogP contribution in [0.3, 0.4) is 0 Å². The number of rotatable bonds is 10. The molecular formula is C29H29F3N6O3. The standard InChI is InChI=1S/C29H29F3N6O3/c1-37(2)12-13-40-25-15-18(8-10-34-25)26-22(6-7-24(27(26)29(30,31)32)41-21-4-3-5-21)38-17-20(28(33)39)14-23(38)19-9-11-35-36-16-19/h6-11,14-17,21H,3-5,12-13H2,1-2H3,(H2,33,39). The number of aromatic nitrogens is 4. The van der Waals surface area contributed by atoms with Crippen molar-refractivity contribution in [3.05, 3.63) is 72.3 Å². The van der Waals surface area contributed by atoms with Gasteiger partial charge in [0.05, 0.1) is 35.4 Å². The van der Waals surface area contributed by atoms with Crippen LogP contribution in [0.5, 0.6) is 11.6 Å². The monoisotopic (exact) mass is 566 g/mol. The van der Waals surface area contributed by atoms with Gasteiger partial charge in [0.25, 0.3) is 0 Å². The molecule has 5 rings (SSSR count). The van der Waals surface area contributed by atoms with E-state index in [0.717, 1.165) is 6.42 Å². The fraction of sp³-hybridized carbons (Fsp3) is 0.310. The lowest BCUT2D eigenvalue weighted by Crippen LogP contribution is -2.26. The molecule has 2 N–H and O–H groups in total. The van der Waals surface area contributed by atoms with Gasteiger partial charge in [0.2, 0.25) is 11.8 Å². The average Bonchev–Trinajstić information content (AvgIpc) is 3.36. The first-order valence-corrected chi connectivity index (χ1v) is 13.1. The summed E-state index contributed by atoms with van der Waals surface area (Å²) < 4.78 is 58.1. The third kappa shape index (κ3) is 6.17. The number of ether oxygens (including phenoxy) is 2. The van der Waals surface area contributed by atoms with E-state index in [0.29, 0.717) is 37.3 Å². The largest absolute Gasteiger partial charge is 0.490 e. The van der Waals surface area contributed by atoms with Gasteiger partial charge in [-0.25, -0.2) is 4.98 Å². The van der Waals surface area contributed by atoms with E-state index < -0.39 is 17.6 Å². The van der Waals surface area contributed by atoms with Gasteiger partial charge in [0, 0.05) is 36.1 Å². The predicted octanol–water partition coefficient (Wildman–Crippen LogP) is 4.99. The minimum Gasteiger partial charge on any atom is -0.490 e. The molecule has 0 saturated heterocycles. The minimum atomic E-state index is -4.78. The van der Waals surface area contributed by atoms with Crippen LogP contribution in [0.1, 0.15) is 35.2 Å². The Bertz CT molecular complexity index is 1530. The Kier molecular flexibility index (Phi) is 7.93. The number of carbonyl (C=O) groups is 1. The van der Waals surface area contributed by atoms with Crippen molar-refractivity contribution >= 4 is 5.91 Å². The first kappa shape index (κ1) is 28.1. The van der Waals surface area contributed by atoms with Crippen LogP contribution in [0.25, 0.3) is 28.1 Å². The number of amides is 1. The highest BCUT2D eigenvalue weighted by molar-refractivity contribution is 5.95. The molecule has 0 radical (unpaired) electrons. The van der Waals surface area contributed by atoms with Crippen LogP contribution in [0, 0.1) is 0 Å². The quantitative estimate of drug-likeness (QED) is 0.288. The Morgan fingerprint density at radius 3 is 2.51 bits per heavy atom. The Morgan fingerprint density at radius 2 is 1.88 bits per heavy atom. The third-order valence-corrected chi connectivity index (χ3v) is 6.83. The summed E-state index contributed by atoms with van der Waals surface area (Å²) in [5.74, 6) is -0.810. The molecule has 1 fully saturated rings. The molecule has 1 aliphatic rings. The van der Waals surface area contributed by atoms with Crippen molar-refractivity contribution in [2.75, 3.05) is 27.2 Å². The first-order chi connectivity index (χ1) is 19.6. The summed E-state index contributed by atoms with van der Waals surface area (Å²) in [7, 11) is 3.77. The number of benzene rings is 1. The van der Waals surface area contributed by atoms with E-state index in [-0.39, 0.29) is 40.1 Å². The SMILES string of the molecule is CN(C)CCOc1cc(-c2c(-n3cc(C(N)=O)cc3-c3ccnnc3)ccc(OC3CCC3)c2C(F)(F)F)ccn1. The number of alkyl halides is 3. The maximum atomic E-state index is 15.0. The lowest BCUT2D eigenvalue weighted by atomic mass is 9.94. The summed E-state index contributed by atoms with van der Waals surface area (Å²) in [5.41, 5.74) is 5.93. The van der Waals surface area contributed by atoms with Gasteiger partial charge in [-0.1, -0.05) is 0 Å². The molecule has 0 atom stereocenters. The van der Waals surface area contributed by atoms with Gasteiger partial charge >= 0.3 is 6.18 Å². The van der Waals surface area contributed by atoms with Gasteiger partial charge in [-0.2, -0.15) is 23.4 Å². The third-order valence-electron chi connectivity index (χ3n) is 6.83. The van der Waals surface area contributed by atoms with Crippen molar-refractivity contribution in [1.29, 1.82) is 0 Å². The molecule has 4 aromatic rings. The van der Waals surface area contributed by atoms with Crippen LogP contribution < -0.4 is 15.2 Å². The van der Waals surface area contributed by atoms with Crippen LogP contribution in [0.4, 0.5) is 13.2 Å². The van der Waals surface area contributed by atoms with Crippen molar-refractivity contribution in [2.45, 2.75) is 31.5 Å². The predicted molar refractivity (Wildman–Crippen MR) is 146 cm³/mol. The number of nitrogens with zero attached hydrogens (tertiary/aromatic N) is 5. The molecule has 12 heteroatoms. The van der Waals surface area contributed by atoms with Crippen LogP contribution in [0.2, 0.25) is 0 Å². The number of primary amides is 1. The van der Waals surface area contributed by atoms with E-state index in [9.17, 15) is 18.0 Å². The second kappa shape index (κ2) is 11.6. The van der Waals surface area contributed by atoms with Gasteiger partial charge in [0.15, 0.2) is 0 Å². The molecule has 1 amide bonds. The summed E-state index contributed by atoms with van der Waals surface area (Å²) in [6, 6.07) is 9.00. The number of hydrogen-bond acceptors (Lipinski definition) is 7. The molecule has 3 heterocycles. The Hall–Kier alpha value is -4.45. The van der Waals surface area contributed by atoms with E-state index in [1.54, 1.807) is 12.1 Å². The highest BCUT2D eigenvalue weighted by Gasteiger charge is 2.40. The van der Waals surface area contributed by atoms with Gasteiger partial charge in [-0.3, -0.25) is 4.79 Å². The molecule has 9 nitrogen and oxygen atoms in total. The summed E-state index contributed by atoms with van der Waals surface area (Å²) in [6.07, 6.45) is 2.94. The van der Waals surface area contributed by atoms with Crippen molar-refractivity contribution in [1.82, 2.24) is 24.6 Å². The Labute approximate surface area is 234 Å². The average molecular weight is 567 g/mol. The highest BCUT2D eigenvalue weighted by atomic mass is 19.4. The first-order valence-electron chi connectivity index (χ1n) is 13.1. The summed E-state index contributed by atoms with van der Waals surface area (Å²) in [4.78, 5) is 18.3. The van der Waals surface area contributed by atoms with Crippen molar-refractivity contribution in [3.63, 3.8) is 0 Å². The van der Waals surface area contributed by atoms with E-state index in [4.69, 9.17) is 15.2 Å². The lowest BCUT2D eigenvalue weighted by Gasteiger charge is -2.29. The van der Waals surface area contributed by atoms with Crippen molar-refractivity contribution in [3.8, 4) is 39.7 Å². The Balaban J connectivity index is 1.75. The topological polar surface area (TPSA) is 108 Å². The van der Waals surface area contributed by atoms with Gasteiger partial charge in [0.1, 0.15) is 17.9 Å². The molecule has 0 bridgehead atoms. The van der Waals surface area contributed by atoms with Gasteiger partial charge in [-0.15, -0.1) is 0 Å². The number of likely N-dealkylation sites (N-methyl/N-ethyl adjacent to an activating group) is 1. The zero-order valence-corrected chi connectivity index (χ0v) is 22.6. The van der Waals surface area contributed by atoms with E-state index in [1.807, 2.05) is 19.0 Å². The normalized spacial score (nSPS) is 13.7. The zero-order valence-electron chi connectivity index (χ0n) is 22.6. The summed E-state index contributed by atoms with van der Waals surface area (Å²) >= 11 is 0. The fourth-order valence-electron chi connectivity index (χ4n) is 4.55. The molecular weight excluding hydrogens is 537 g/mol. The van der Waals surface area contributed by atoms with Crippen molar-refractivity contribution < 1.29 is 27.4 Å². The second-order valence-electron chi connectivity index (χ2n) is 10.0. The molecule has 1 saturated carbocycles. The number of pyridine rings is 1. The molecule has 0 aliphatic heterocycles. The van der Waals surface area contributed by atoms with Crippen molar-refractivity contribution in [2.24, 2.45) is 5.73 Å². The van der Waals surface area contributed by atoms with Crippen LogP contribution in [-0.4, -0.2) is 63.9 Å². The maximum absolute atomic E-state index is 15.0. The minimum absolute atomic E-state index is 0.119. The lowest BCUT2D eigenvalue weighted by molar-refractivity contribution is -0.139. The fourth-order valence-corrected chi connectivity index (χ4v) is 4.55. The van der Waals surface area contributed by atoms with E-state index in [1.165, 1.54) is 53.6 Å². The number of carbonyl (C=O) groups excluding carboxylic acids is 1. The number of nitrogens with two attached hydrogens (primary N) is 1. The molecule has 1 aromatic carbocycles. The zero-order chi connectivity index (χ0) is 29.1. The Morgan fingerprint density at radius 1 is 1.10 bits per heavy atom. The van der Waals surface area contributed by atoms with Crippen LogP contribution in [-0.2, 0) is 6.18 Å². The molecule has 0 spiro atoms. The molecule has 41 heavy (non-hydrogen) atoms. The van der Waals surface area contributed by atoms with Crippen LogP contribution in [0.15, 0.2) is 61.2 Å². The molecule has 0 unspecified atom stereocenters. The van der Waals surface area contributed by atoms with E-state index in [2.05, 4.69) is 15.2 Å². The maximum Gasteiger partial charge on any atom is 0.420 e. The van der Waals surface area contributed by atoms with Gasteiger partial charge < -0.3 is 24.7 Å². The van der Waals surface area contributed by atoms with Gasteiger partial charge in [-0.05, 0) is 69.3 Å². The highest BCUT2D eigenvalue weighted by Crippen LogP contribution is 2.47. The molecule has 214 valence electrons. The summed E-state index contributed by atoms with van der Waals surface area (Å²) in [6.45, 7) is 0.893. The molecule has 1 aliphatic carbocycles. The van der Waals surface area contributed by atoms with E-state index >= 15 is 0 Å². The molecule has 3 aromatic heterocycles. The number of halogens is 3. The second-order valence-corrected chi connectivity index (χ2v) is 10.0.